The Morgan fingerprint density at radius 3 is 1.96 bits per heavy atom. The van der Waals surface area contributed by atoms with Crippen LogP contribution in [0.1, 0.15) is 76.2 Å². The van der Waals surface area contributed by atoms with Crippen LogP contribution in [-0.2, 0) is 0 Å². The summed E-state index contributed by atoms with van der Waals surface area (Å²) in [6, 6.07) is 2.40. The molecule has 0 aromatic carbocycles. The summed E-state index contributed by atoms with van der Waals surface area (Å²) < 4.78 is 4.94. The van der Waals surface area contributed by atoms with E-state index in [0.29, 0.717) is 17.8 Å². The molecule has 2 aromatic rings. The molecule has 2 aromatic heterocycles. The molecule has 5 heteroatoms. The third-order valence-corrected chi connectivity index (χ3v) is 3.11. The molecule has 0 aliphatic heterocycles. The van der Waals surface area contributed by atoms with E-state index in [1.165, 1.54) is 0 Å². The van der Waals surface area contributed by atoms with Gasteiger partial charge in [0.2, 0.25) is 0 Å². The molecule has 2 heterocycles. The third-order valence-electron chi connectivity index (χ3n) is 3.11. The molecule has 0 aliphatic carbocycles. The van der Waals surface area contributed by atoms with Crippen LogP contribution in [0.15, 0.2) is 18.5 Å². The lowest BCUT2D eigenvalue weighted by Gasteiger charge is -2.08. The predicted molar refractivity (Wildman–Crippen MR) is 99.6 cm³/mol. The molecule has 5 nitrogen and oxygen atoms in total. The lowest BCUT2D eigenvalue weighted by Crippen LogP contribution is -2.00. The molecule has 0 fully saturated rings. The minimum atomic E-state index is 0.418. The van der Waals surface area contributed by atoms with E-state index in [4.69, 9.17) is 4.74 Å². The highest BCUT2D eigenvalue weighted by molar-refractivity contribution is 5.20. The van der Waals surface area contributed by atoms with Gasteiger partial charge in [-0.3, -0.25) is 0 Å². The molecule has 0 unspecified atom stereocenters. The number of methoxy groups -OCH3 is 1. The van der Waals surface area contributed by atoms with E-state index < -0.39 is 0 Å². The van der Waals surface area contributed by atoms with Crippen LogP contribution in [0.5, 0.6) is 6.01 Å². The molecule has 0 atom stereocenters. The average molecular weight is 332 g/mol. The van der Waals surface area contributed by atoms with Gasteiger partial charge in [0.25, 0.3) is 0 Å². The average Bonchev–Trinajstić information content (AvgIpc) is 2.57. The highest BCUT2D eigenvalue weighted by Crippen LogP contribution is 2.17. The molecule has 0 saturated carbocycles. The molecule has 0 N–H and O–H groups in total. The topological polar surface area (TPSA) is 60.8 Å². The Kier molecular flexibility index (Phi) is 10.5. The molecule has 0 saturated heterocycles. The smallest absolute Gasteiger partial charge is 0.316 e. The summed E-state index contributed by atoms with van der Waals surface area (Å²) in [6.07, 6.45) is 3.60. The molecule has 0 aliphatic rings. The maximum Gasteiger partial charge on any atom is 0.316 e. The molecule has 134 valence electrons. The molecule has 0 radical (unpaired) electrons. The number of rotatable bonds is 3. The van der Waals surface area contributed by atoms with E-state index in [0.717, 1.165) is 22.8 Å². The van der Waals surface area contributed by atoms with Gasteiger partial charge in [-0.1, -0.05) is 41.5 Å². The summed E-state index contributed by atoms with van der Waals surface area (Å²) in [7, 11) is 1.58. The number of nitrogens with zero attached hydrogens (tertiary/aromatic N) is 4. The van der Waals surface area contributed by atoms with E-state index in [1.54, 1.807) is 19.5 Å². The normalized spacial score (nSPS) is 9.79. The van der Waals surface area contributed by atoms with Gasteiger partial charge in [-0.25, -0.2) is 15.0 Å². The molecule has 0 spiro atoms. The number of ether oxygens (including phenoxy) is 1. The van der Waals surface area contributed by atoms with E-state index >= 15 is 0 Å². The fourth-order valence-electron chi connectivity index (χ4n) is 1.92. The largest absolute Gasteiger partial charge is 0.467 e. The van der Waals surface area contributed by atoms with Crippen LogP contribution >= 0.6 is 0 Å². The molecule has 2 rings (SSSR count). The molecule has 0 amide bonds. The summed E-state index contributed by atoms with van der Waals surface area (Å²) in [5.41, 5.74) is 3.29. The van der Waals surface area contributed by atoms with Gasteiger partial charge >= 0.3 is 6.01 Å². The van der Waals surface area contributed by atoms with Gasteiger partial charge in [0.15, 0.2) is 0 Å². The summed E-state index contributed by atoms with van der Waals surface area (Å²) in [4.78, 5) is 16.5. The van der Waals surface area contributed by atoms with Crippen LogP contribution in [0.25, 0.3) is 0 Å². The molecule has 24 heavy (non-hydrogen) atoms. The number of aryl methyl sites for hydroxylation is 2. The predicted octanol–water partition coefficient (Wildman–Crippen LogP) is 4.85. The fraction of sp³-hybridized carbons (Fsp3) is 0.579. The maximum absolute atomic E-state index is 4.94. The number of hydrogen-bond acceptors (Lipinski definition) is 5. The standard InChI is InChI=1S/C9H14N2O.C8H12N2.C2H6/c1-6(2)8-7(3)5-10-9(11-8)12-4;1-6(2)8-4-5-9-7(3)10-8;1-2/h5-6H,1-4H3;4-6H,1-3H3;1-2H3. The van der Waals surface area contributed by atoms with Crippen LogP contribution < -0.4 is 4.74 Å². The van der Waals surface area contributed by atoms with Gasteiger partial charge < -0.3 is 4.74 Å². The van der Waals surface area contributed by atoms with Crippen molar-refractivity contribution in [2.45, 2.75) is 67.2 Å². The Morgan fingerprint density at radius 2 is 1.54 bits per heavy atom. The van der Waals surface area contributed by atoms with Crippen molar-refractivity contribution in [1.82, 2.24) is 19.9 Å². The van der Waals surface area contributed by atoms with Crippen molar-refractivity contribution in [3.8, 4) is 6.01 Å². The zero-order chi connectivity index (χ0) is 18.7. The van der Waals surface area contributed by atoms with Crippen molar-refractivity contribution >= 4 is 0 Å². The minimum absolute atomic E-state index is 0.418. The second-order valence-electron chi connectivity index (χ2n) is 5.76. The van der Waals surface area contributed by atoms with E-state index in [1.807, 2.05) is 33.8 Å². The van der Waals surface area contributed by atoms with Crippen LogP contribution in [-0.4, -0.2) is 27.0 Å². The molecular formula is C19H32N4O. The van der Waals surface area contributed by atoms with Gasteiger partial charge in [-0.15, -0.1) is 0 Å². The van der Waals surface area contributed by atoms with Gasteiger partial charge in [0.1, 0.15) is 5.82 Å². The Bertz CT molecular complexity index is 598. The Balaban J connectivity index is 0.000000405. The first-order valence-electron chi connectivity index (χ1n) is 8.52. The van der Waals surface area contributed by atoms with Crippen molar-refractivity contribution < 1.29 is 4.74 Å². The Morgan fingerprint density at radius 1 is 0.917 bits per heavy atom. The third kappa shape index (κ3) is 7.49. The highest BCUT2D eigenvalue weighted by atomic mass is 16.5. The monoisotopic (exact) mass is 332 g/mol. The van der Waals surface area contributed by atoms with Gasteiger partial charge in [0.05, 0.1) is 12.8 Å². The molecule has 0 bridgehead atoms. The lowest BCUT2D eigenvalue weighted by atomic mass is 10.1. The fourth-order valence-corrected chi connectivity index (χ4v) is 1.92. The second kappa shape index (κ2) is 11.5. The summed E-state index contributed by atoms with van der Waals surface area (Å²) in [6.45, 7) is 16.4. The van der Waals surface area contributed by atoms with Crippen LogP contribution in [0, 0.1) is 13.8 Å². The minimum Gasteiger partial charge on any atom is -0.467 e. The van der Waals surface area contributed by atoms with Gasteiger partial charge in [-0.2, -0.15) is 4.98 Å². The number of hydrogen-bond donors (Lipinski definition) is 0. The SMILES string of the molecule is CC.COc1ncc(C)c(C(C)C)n1.Cc1nccc(C(C)C)n1. The first-order chi connectivity index (χ1) is 11.3. The Hall–Kier alpha value is -2.04. The van der Waals surface area contributed by atoms with Crippen molar-refractivity contribution in [1.29, 1.82) is 0 Å². The first kappa shape index (κ1) is 22.0. The summed E-state index contributed by atoms with van der Waals surface area (Å²) >= 11 is 0. The van der Waals surface area contributed by atoms with Crippen LogP contribution in [0.4, 0.5) is 0 Å². The maximum atomic E-state index is 4.94. The van der Waals surface area contributed by atoms with Crippen molar-refractivity contribution in [2.75, 3.05) is 7.11 Å². The summed E-state index contributed by atoms with van der Waals surface area (Å²) in [5, 5.41) is 0. The lowest BCUT2D eigenvalue weighted by molar-refractivity contribution is 0.376. The molecular weight excluding hydrogens is 300 g/mol. The van der Waals surface area contributed by atoms with Gasteiger partial charge in [0, 0.05) is 18.1 Å². The van der Waals surface area contributed by atoms with Crippen LogP contribution in [0.2, 0.25) is 0 Å². The first-order valence-corrected chi connectivity index (χ1v) is 8.52. The van der Waals surface area contributed by atoms with E-state index in [2.05, 4.69) is 47.6 Å². The zero-order valence-corrected chi connectivity index (χ0v) is 16.6. The highest BCUT2D eigenvalue weighted by Gasteiger charge is 2.07. The van der Waals surface area contributed by atoms with Crippen molar-refractivity contribution in [3.05, 3.63) is 41.2 Å². The number of aromatic nitrogens is 4. The zero-order valence-electron chi connectivity index (χ0n) is 16.6. The van der Waals surface area contributed by atoms with E-state index in [-0.39, 0.29) is 0 Å². The van der Waals surface area contributed by atoms with Crippen molar-refractivity contribution in [3.63, 3.8) is 0 Å². The summed E-state index contributed by atoms with van der Waals surface area (Å²) in [5.74, 6) is 1.77. The van der Waals surface area contributed by atoms with E-state index in [9.17, 15) is 0 Å². The van der Waals surface area contributed by atoms with Gasteiger partial charge in [-0.05, 0) is 37.3 Å². The van der Waals surface area contributed by atoms with Crippen LogP contribution in [0.3, 0.4) is 0 Å². The van der Waals surface area contributed by atoms with Crippen molar-refractivity contribution in [2.24, 2.45) is 0 Å². The quantitative estimate of drug-likeness (QED) is 0.804. The Labute approximate surface area is 147 Å². The second-order valence-corrected chi connectivity index (χ2v) is 5.76.